The van der Waals surface area contributed by atoms with Crippen LogP contribution in [0.2, 0.25) is 0 Å². The van der Waals surface area contributed by atoms with E-state index in [4.69, 9.17) is 9.47 Å². The molecule has 1 spiro atoms. The first-order valence-electron chi connectivity index (χ1n) is 13.5. The summed E-state index contributed by atoms with van der Waals surface area (Å²) in [6.07, 6.45) is -2.34. The lowest BCUT2D eigenvalue weighted by molar-refractivity contribution is -0.136. The summed E-state index contributed by atoms with van der Waals surface area (Å²) in [4.78, 5) is 6.05. The van der Waals surface area contributed by atoms with Gasteiger partial charge in [-0.15, -0.1) is 0 Å². The summed E-state index contributed by atoms with van der Waals surface area (Å²) in [6, 6.07) is 6.83. The normalized spacial score (nSPS) is 20.5. The van der Waals surface area contributed by atoms with Crippen molar-refractivity contribution >= 4 is 31.1 Å². The molecule has 0 aliphatic carbocycles. The summed E-state index contributed by atoms with van der Waals surface area (Å²) in [7, 11) is -6.40. The first-order chi connectivity index (χ1) is 20.2. The van der Waals surface area contributed by atoms with Gasteiger partial charge in [-0.3, -0.25) is 0 Å². The lowest BCUT2D eigenvalue weighted by Crippen LogP contribution is -2.47. The zero-order valence-corrected chi connectivity index (χ0v) is 24.7. The van der Waals surface area contributed by atoms with Crippen molar-refractivity contribution < 1.29 is 44.6 Å². The number of aromatic amines is 1. The van der Waals surface area contributed by atoms with Gasteiger partial charge in [0.05, 0.1) is 22.7 Å². The van der Waals surface area contributed by atoms with Gasteiger partial charge < -0.3 is 24.9 Å². The van der Waals surface area contributed by atoms with Gasteiger partial charge in [0.2, 0.25) is 20.0 Å². The quantitative estimate of drug-likeness (QED) is 0.257. The predicted molar refractivity (Wildman–Crippen MR) is 148 cm³/mol. The van der Waals surface area contributed by atoms with E-state index in [0.717, 1.165) is 18.5 Å². The van der Waals surface area contributed by atoms with E-state index in [-0.39, 0.29) is 53.1 Å². The van der Waals surface area contributed by atoms with Gasteiger partial charge in [0.25, 0.3) is 0 Å². The third-order valence-electron chi connectivity index (χ3n) is 7.76. The molecule has 0 amide bonds. The van der Waals surface area contributed by atoms with E-state index in [9.17, 15) is 35.1 Å². The minimum Gasteiger partial charge on any atom is -0.491 e. The summed E-state index contributed by atoms with van der Waals surface area (Å²) in [6.45, 7) is 0.734. The fourth-order valence-corrected chi connectivity index (χ4v) is 7.55. The Bertz CT molecular complexity index is 1670. The number of rotatable bonds is 10. The van der Waals surface area contributed by atoms with E-state index in [0.29, 0.717) is 31.6 Å². The molecule has 43 heavy (non-hydrogen) atoms. The Morgan fingerprint density at radius 2 is 1.95 bits per heavy atom. The molecule has 2 aliphatic rings. The number of aliphatic hydroxyl groups excluding tert-OH is 1. The highest BCUT2D eigenvalue weighted by molar-refractivity contribution is 7.89. The third kappa shape index (κ3) is 6.82. The molecule has 17 heteroatoms. The zero-order valence-electron chi connectivity index (χ0n) is 23.1. The molecule has 1 aromatic carbocycles. The maximum atomic E-state index is 13.3. The summed E-state index contributed by atoms with van der Waals surface area (Å²) in [5.41, 5.74) is -1.59. The Balaban J connectivity index is 1.12. The Morgan fingerprint density at radius 1 is 1.21 bits per heavy atom. The Labute approximate surface area is 246 Å². The van der Waals surface area contributed by atoms with Crippen LogP contribution in [-0.4, -0.2) is 93.9 Å². The van der Waals surface area contributed by atoms with Gasteiger partial charge in [-0.2, -0.15) is 17.5 Å². The molecule has 236 valence electrons. The number of pyridine rings is 1. The van der Waals surface area contributed by atoms with E-state index < -0.39 is 43.5 Å². The van der Waals surface area contributed by atoms with Crippen molar-refractivity contribution in [2.75, 3.05) is 39.9 Å². The summed E-state index contributed by atoms with van der Waals surface area (Å²) in [5, 5.41) is 13.3. The monoisotopic (exact) mass is 647 g/mol. The molecule has 4 N–H and O–H groups in total. The SMILES string of the molecule is CNS(=O)(=O)c1cccc(OCC(O)CN[C@H]2COC3(CCN(S(=O)(=O)c4cnc5[nH]cc(C(F)(F)F)c5c4)CC3)C2)c1. The molecular weight excluding hydrogens is 615 g/mol. The minimum absolute atomic E-state index is 0.0429. The van der Waals surface area contributed by atoms with Gasteiger partial charge in [0.15, 0.2) is 0 Å². The van der Waals surface area contributed by atoms with Crippen LogP contribution in [0.15, 0.2) is 52.5 Å². The van der Waals surface area contributed by atoms with Gasteiger partial charge in [-0.25, -0.2) is 26.5 Å². The number of benzene rings is 1. The van der Waals surface area contributed by atoms with E-state index in [1.54, 1.807) is 6.07 Å². The molecule has 0 saturated carbocycles. The number of halogens is 3. The van der Waals surface area contributed by atoms with E-state index in [2.05, 4.69) is 20.0 Å². The molecule has 2 atom stereocenters. The van der Waals surface area contributed by atoms with Crippen molar-refractivity contribution in [1.82, 2.24) is 24.3 Å². The van der Waals surface area contributed by atoms with Gasteiger partial charge in [-0.1, -0.05) is 6.07 Å². The number of fused-ring (bicyclic) bond motifs is 1. The molecule has 3 aromatic rings. The first-order valence-corrected chi connectivity index (χ1v) is 16.4. The lowest BCUT2D eigenvalue weighted by atomic mass is 9.88. The Morgan fingerprint density at radius 3 is 2.65 bits per heavy atom. The second kappa shape index (κ2) is 11.9. The van der Waals surface area contributed by atoms with Crippen LogP contribution >= 0.6 is 0 Å². The van der Waals surface area contributed by atoms with Crippen molar-refractivity contribution in [3.8, 4) is 5.75 Å². The van der Waals surface area contributed by atoms with Crippen LogP contribution in [0.25, 0.3) is 11.0 Å². The number of hydrogen-bond donors (Lipinski definition) is 4. The van der Waals surface area contributed by atoms with Gasteiger partial charge >= 0.3 is 6.18 Å². The fourth-order valence-electron chi connectivity index (χ4n) is 5.37. The average molecular weight is 648 g/mol. The smallest absolute Gasteiger partial charge is 0.418 e. The van der Waals surface area contributed by atoms with Crippen LogP contribution in [0, 0.1) is 0 Å². The highest BCUT2D eigenvalue weighted by Gasteiger charge is 2.45. The summed E-state index contributed by atoms with van der Waals surface area (Å²) in [5.74, 6) is 0.296. The zero-order chi connectivity index (χ0) is 31.0. The van der Waals surface area contributed by atoms with Crippen LogP contribution in [0.1, 0.15) is 24.8 Å². The average Bonchev–Trinajstić information content (AvgIpc) is 3.59. The predicted octanol–water partition coefficient (Wildman–Crippen LogP) is 1.83. The highest BCUT2D eigenvalue weighted by atomic mass is 32.2. The second-order valence-electron chi connectivity index (χ2n) is 10.6. The topological polar surface area (TPSA) is 163 Å². The van der Waals surface area contributed by atoms with Crippen molar-refractivity contribution in [3.05, 3.63) is 48.3 Å². The molecule has 5 rings (SSSR count). The summed E-state index contributed by atoms with van der Waals surface area (Å²) >= 11 is 0. The van der Waals surface area contributed by atoms with Crippen molar-refractivity contribution in [2.24, 2.45) is 0 Å². The van der Waals surface area contributed by atoms with Crippen molar-refractivity contribution in [1.29, 1.82) is 0 Å². The van der Waals surface area contributed by atoms with Crippen LogP contribution in [-0.2, 0) is 31.0 Å². The molecule has 4 heterocycles. The molecule has 0 radical (unpaired) electrons. The second-order valence-corrected chi connectivity index (χ2v) is 14.4. The Hall–Kier alpha value is -2.80. The highest BCUT2D eigenvalue weighted by Crippen LogP contribution is 2.38. The third-order valence-corrected chi connectivity index (χ3v) is 11.0. The number of ether oxygens (including phenoxy) is 2. The van der Waals surface area contributed by atoms with Crippen LogP contribution < -0.4 is 14.8 Å². The molecule has 1 unspecified atom stereocenters. The fraction of sp³-hybridized carbons (Fsp3) is 0.500. The maximum absolute atomic E-state index is 13.3. The minimum atomic E-state index is -4.66. The van der Waals surface area contributed by atoms with Gasteiger partial charge in [0, 0.05) is 49.5 Å². The van der Waals surface area contributed by atoms with Gasteiger partial charge in [0.1, 0.15) is 29.0 Å². The molecule has 12 nitrogen and oxygen atoms in total. The molecule has 2 aliphatic heterocycles. The maximum Gasteiger partial charge on any atom is 0.418 e. The number of aromatic nitrogens is 2. The van der Waals surface area contributed by atoms with E-state index in [1.165, 1.54) is 29.6 Å². The molecule has 2 saturated heterocycles. The van der Waals surface area contributed by atoms with E-state index >= 15 is 0 Å². The molecule has 2 fully saturated rings. The van der Waals surface area contributed by atoms with Crippen LogP contribution in [0.5, 0.6) is 5.75 Å². The largest absolute Gasteiger partial charge is 0.491 e. The number of aliphatic hydroxyl groups is 1. The first kappa shape index (κ1) is 31.6. The standard InChI is InChI=1S/C26H32F3N5O7S2/c1-30-42(36,37)20-4-2-3-19(9-20)40-16-18(35)12-31-17-11-25(41-15-17)5-7-34(8-6-25)43(38,39)21-10-22-23(26(27,28)29)14-33-24(22)32-13-21/h2-4,9-10,13-14,17-18,30-31,35H,5-8,11-12,15-16H2,1H3,(H,32,33)/t17-,18?/m1/s1. The number of piperidine rings is 1. The number of nitrogens with zero attached hydrogens (tertiary/aromatic N) is 2. The molecule has 2 aromatic heterocycles. The Kier molecular flexibility index (Phi) is 8.78. The summed E-state index contributed by atoms with van der Waals surface area (Å²) < 4.78 is 106. The number of alkyl halides is 3. The van der Waals surface area contributed by atoms with Crippen LogP contribution in [0.4, 0.5) is 13.2 Å². The molecule has 0 bridgehead atoms. The number of H-pyrrole nitrogens is 1. The van der Waals surface area contributed by atoms with Gasteiger partial charge in [-0.05, 0) is 44.5 Å². The lowest BCUT2D eigenvalue weighted by Gasteiger charge is -2.38. The van der Waals surface area contributed by atoms with Crippen LogP contribution in [0.3, 0.4) is 0 Å². The van der Waals surface area contributed by atoms with E-state index in [1.807, 2.05) is 0 Å². The number of hydrogen-bond acceptors (Lipinski definition) is 9. The van der Waals surface area contributed by atoms with Crippen molar-refractivity contribution in [3.63, 3.8) is 0 Å². The van der Waals surface area contributed by atoms with Crippen molar-refractivity contribution in [2.45, 2.75) is 53.0 Å². The number of nitrogens with one attached hydrogen (secondary N) is 3. The molecular formula is C26H32F3N5O7S2. The number of sulfonamides is 2.